The first kappa shape index (κ1) is 12.2. The lowest BCUT2D eigenvalue weighted by molar-refractivity contribution is 0.180. The molecule has 1 aromatic rings. The molecule has 1 aliphatic carbocycles. The molecule has 0 aromatic carbocycles. The molecule has 100 valence electrons. The molecule has 1 saturated carbocycles. The van der Waals surface area contributed by atoms with E-state index in [1.807, 2.05) is 12.5 Å². The molecular weight excluding hydrogens is 226 g/mol. The summed E-state index contributed by atoms with van der Waals surface area (Å²) in [6.45, 7) is 3.93. The van der Waals surface area contributed by atoms with E-state index in [9.17, 15) is 0 Å². The number of ether oxygens (including phenoxy) is 1. The molecule has 1 saturated heterocycles. The number of nitrogens with two attached hydrogens (primary N) is 1. The van der Waals surface area contributed by atoms with Crippen LogP contribution in [0.2, 0.25) is 0 Å². The second-order valence-corrected chi connectivity index (χ2v) is 5.90. The smallest absolute Gasteiger partial charge is 0.0951 e. The molecule has 4 heteroatoms. The quantitative estimate of drug-likeness (QED) is 0.871. The molecule has 0 amide bonds. The van der Waals surface area contributed by atoms with Crippen LogP contribution in [-0.4, -0.2) is 22.8 Å². The Morgan fingerprint density at radius 1 is 1.50 bits per heavy atom. The minimum atomic E-state index is 0.0663. The summed E-state index contributed by atoms with van der Waals surface area (Å²) in [5.74, 6) is 1.38. The van der Waals surface area contributed by atoms with Crippen LogP contribution in [0.4, 0.5) is 0 Å². The van der Waals surface area contributed by atoms with Crippen LogP contribution in [0.1, 0.15) is 50.4 Å². The van der Waals surface area contributed by atoms with Crippen LogP contribution in [0, 0.1) is 11.8 Å². The van der Waals surface area contributed by atoms with E-state index in [0.717, 1.165) is 25.6 Å². The summed E-state index contributed by atoms with van der Waals surface area (Å²) in [5.41, 5.74) is 7.57. The van der Waals surface area contributed by atoms with Gasteiger partial charge in [-0.25, -0.2) is 4.98 Å². The van der Waals surface area contributed by atoms with Gasteiger partial charge in [0.25, 0.3) is 0 Å². The maximum absolute atomic E-state index is 6.39. The Labute approximate surface area is 109 Å². The van der Waals surface area contributed by atoms with Crippen LogP contribution in [0.3, 0.4) is 0 Å². The van der Waals surface area contributed by atoms with Gasteiger partial charge in [-0.1, -0.05) is 12.8 Å². The highest BCUT2D eigenvalue weighted by molar-refractivity contribution is 5.08. The van der Waals surface area contributed by atoms with Gasteiger partial charge in [0.1, 0.15) is 0 Å². The first-order chi connectivity index (χ1) is 8.75. The maximum atomic E-state index is 6.39. The second-order valence-electron chi connectivity index (χ2n) is 5.90. The van der Waals surface area contributed by atoms with Crippen LogP contribution in [0.15, 0.2) is 12.5 Å². The Hall–Kier alpha value is -0.870. The van der Waals surface area contributed by atoms with Crippen LogP contribution < -0.4 is 5.73 Å². The van der Waals surface area contributed by atoms with E-state index in [-0.39, 0.29) is 6.04 Å². The normalized spacial score (nSPS) is 27.3. The van der Waals surface area contributed by atoms with Crippen molar-refractivity contribution in [3.63, 3.8) is 0 Å². The fourth-order valence-electron chi connectivity index (χ4n) is 2.97. The van der Waals surface area contributed by atoms with Gasteiger partial charge < -0.3 is 15.0 Å². The molecule has 3 rings (SSSR count). The number of aromatic nitrogens is 2. The Kier molecular flexibility index (Phi) is 3.39. The minimum Gasteiger partial charge on any atom is -0.381 e. The SMILES string of the molecule is CC(CC1CC1)n1cncc1C(N)C1CCOC1. The molecule has 0 radical (unpaired) electrons. The standard InChI is InChI=1S/C14H23N3O/c1-10(6-11-2-3-11)17-9-16-7-13(17)14(15)12-4-5-18-8-12/h7,9-12,14H,2-6,8,15H2,1H3. The van der Waals surface area contributed by atoms with Gasteiger partial charge in [-0.3, -0.25) is 0 Å². The van der Waals surface area contributed by atoms with Crippen molar-refractivity contribution in [3.05, 3.63) is 18.2 Å². The Bertz CT molecular complexity index is 393. The van der Waals surface area contributed by atoms with E-state index < -0.39 is 0 Å². The first-order valence-electron chi connectivity index (χ1n) is 7.10. The van der Waals surface area contributed by atoms with Gasteiger partial charge in [-0.05, 0) is 25.7 Å². The number of hydrogen-bond acceptors (Lipinski definition) is 3. The lowest BCUT2D eigenvalue weighted by atomic mass is 9.97. The lowest BCUT2D eigenvalue weighted by Crippen LogP contribution is -2.25. The van der Waals surface area contributed by atoms with Crippen molar-refractivity contribution in [1.29, 1.82) is 0 Å². The van der Waals surface area contributed by atoms with Gasteiger partial charge in [0.15, 0.2) is 0 Å². The zero-order chi connectivity index (χ0) is 12.5. The largest absolute Gasteiger partial charge is 0.381 e. The van der Waals surface area contributed by atoms with E-state index in [1.54, 1.807) is 0 Å². The molecule has 2 N–H and O–H groups in total. The Balaban J connectivity index is 1.72. The zero-order valence-electron chi connectivity index (χ0n) is 11.1. The predicted molar refractivity (Wildman–Crippen MR) is 70.1 cm³/mol. The molecule has 0 spiro atoms. The van der Waals surface area contributed by atoms with Crippen molar-refractivity contribution < 1.29 is 4.74 Å². The van der Waals surface area contributed by atoms with Gasteiger partial charge in [-0.2, -0.15) is 0 Å². The third kappa shape index (κ3) is 2.45. The van der Waals surface area contributed by atoms with E-state index in [0.29, 0.717) is 12.0 Å². The summed E-state index contributed by atoms with van der Waals surface area (Å²) in [6, 6.07) is 0.583. The highest BCUT2D eigenvalue weighted by Gasteiger charge is 2.29. The fourth-order valence-corrected chi connectivity index (χ4v) is 2.97. The maximum Gasteiger partial charge on any atom is 0.0951 e. The van der Waals surface area contributed by atoms with E-state index in [1.165, 1.54) is 25.0 Å². The lowest BCUT2D eigenvalue weighted by Gasteiger charge is -2.23. The number of nitrogens with zero attached hydrogens (tertiary/aromatic N) is 2. The van der Waals surface area contributed by atoms with Crippen molar-refractivity contribution in [3.8, 4) is 0 Å². The Morgan fingerprint density at radius 3 is 3.00 bits per heavy atom. The van der Waals surface area contributed by atoms with E-state index >= 15 is 0 Å². The average molecular weight is 249 g/mol. The summed E-state index contributed by atoms with van der Waals surface area (Å²) in [5, 5.41) is 0. The van der Waals surface area contributed by atoms with Gasteiger partial charge in [0.05, 0.1) is 24.7 Å². The molecule has 18 heavy (non-hydrogen) atoms. The second kappa shape index (κ2) is 5.02. The first-order valence-corrected chi connectivity index (χ1v) is 7.10. The molecule has 4 nitrogen and oxygen atoms in total. The molecule has 3 unspecified atom stereocenters. The highest BCUT2D eigenvalue weighted by Crippen LogP contribution is 2.37. The highest BCUT2D eigenvalue weighted by atomic mass is 16.5. The summed E-state index contributed by atoms with van der Waals surface area (Å²) < 4.78 is 7.72. The van der Waals surface area contributed by atoms with Crippen molar-refractivity contribution in [2.24, 2.45) is 17.6 Å². The minimum absolute atomic E-state index is 0.0663. The van der Waals surface area contributed by atoms with Crippen molar-refractivity contribution in [1.82, 2.24) is 9.55 Å². The van der Waals surface area contributed by atoms with Crippen LogP contribution in [-0.2, 0) is 4.74 Å². The molecule has 2 fully saturated rings. The zero-order valence-corrected chi connectivity index (χ0v) is 11.1. The molecule has 1 aromatic heterocycles. The van der Waals surface area contributed by atoms with E-state index in [2.05, 4.69) is 16.5 Å². The van der Waals surface area contributed by atoms with Crippen LogP contribution >= 0.6 is 0 Å². The summed E-state index contributed by atoms with van der Waals surface area (Å²) in [4.78, 5) is 4.31. The van der Waals surface area contributed by atoms with Crippen molar-refractivity contribution >= 4 is 0 Å². The summed E-state index contributed by atoms with van der Waals surface area (Å²) in [6.07, 6.45) is 9.01. The summed E-state index contributed by atoms with van der Waals surface area (Å²) >= 11 is 0. The Morgan fingerprint density at radius 2 is 2.33 bits per heavy atom. The number of imidazole rings is 1. The molecular formula is C14H23N3O. The van der Waals surface area contributed by atoms with Crippen molar-refractivity contribution in [2.75, 3.05) is 13.2 Å². The fraction of sp³-hybridized carbons (Fsp3) is 0.786. The molecule has 2 aliphatic rings. The van der Waals surface area contributed by atoms with Crippen LogP contribution in [0.25, 0.3) is 0 Å². The molecule has 0 bridgehead atoms. The molecule has 1 aliphatic heterocycles. The van der Waals surface area contributed by atoms with Gasteiger partial charge in [0.2, 0.25) is 0 Å². The number of hydrogen-bond donors (Lipinski definition) is 1. The van der Waals surface area contributed by atoms with Gasteiger partial charge in [0, 0.05) is 24.8 Å². The van der Waals surface area contributed by atoms with E-state index in [4.69, 9.17) is 10.5 Å². The van der Waals surface area contributed by atoms with Crippen molar-refractivity contribution in [2.45, 2.75) is 44.7 Å². The monoisotopic (exact) mass is 249 g/mol. The third-order valence-electron chi connectivity index (χ3n) is 4.36. The third-order valence-corrected chi connectivity index (χ3v) is 4.36. The van der Waals surface area contributed by atoms with Crippen LogP contribution in [0.5, 0.6) is 0 Å². The van der Waals surface area contributed by atoms with Gasteiger partial charge >= 0.3 is 0 Å². The number of rotatable bonds is 5. The molecule has 3 atom stereocenters. The summed E-state index contributed by atoms with van der Waals surface area (Å²) in [7, 11) is 0. The molecule has 2 heterocycles. The average Bonchev–Trinajstić information content (AvgIpc) is 2.91. The van der Waals surface area contributed by atoms with Gasteiger partial charge in [-0.15, -0.1) is 0 Å². The topological polar surface area (TPSA) is 53.1 Å². The predicted octanol–water partition coefficient (Wildman–Crippen LogP) is 2.28.